The lowest BCUT2D eigenvalue weighted by Gasteiger charge is -2.10. The van der Waals surface area contributed by atoms with Crippen molar-refractivity contribution in [1.82, 2.24) is 4.98 Å². The SMILES string of the molecule is CC(=O)Nc1ccc2c(NC(=O)Cc3cccc(Cl)c3)cncc2c1. The zero-order valence-electron chi connectivity index (χ0n) is 13.5. The average Bonchev–Trinajstić information content (AvgIpc) is 2.54. The molecule has 0 bridgehead atoms. The van der Waals surface area contributed by atoms with Crippen LogP contribution in [0.1, 0.15) is 12.5 Å². The Hall–Kier alpha value is -2.92. The van der Waals surface area contributed by atoms with Crippen LogP contribution in [0.2, 0.25) is 5.02 Å². The summed E-state index contributed by atoms with van der Waals surface area (Å²) in [4.78, 5) is 27.6. The fourth-order valence-corrected chi connectivity index (χ4v) is 2.80. The third-order valence-electron chi connectivity index (χ3n) is 3.61. The number of anilines is 2. The van der Waals surface area contributed by atoms with Crippen molar-refractivity contribution in [3.05, 3.63) is 65.4 Å². The summed E-state index contributed by atoms with van der Waals surface area (Å²) in [7, 11) is 0. The number of hydrogen-bond acceptors (Lipinski definition) is 3. The normalized spacial score (nSPS) is 10.5. The standard InChI is InChI=1S/C19H16ClN3O2/c1-12(24)22-16-5-6-17-14(9-16)10-21-11-18(17)23-19(25)8-13-3-2-4-15(20)7-13/h2-7,9-11H,8H2,1H3,(H,22,24)(H,23,25). The Bertz CT molecular complexity index is 956. The molecular formula is C19H16ClN3O2. The molecule has 0 aliphatic heterocycles. The molecule has 0 aliphatic carbocycles. The molecule has 25 heavy (non-hydrogen) atoms. The van der Waals surface area contributed by atoms with E-state index in [1.807, 2.05) is 24.3 Å². The van der Waals surface area contributed by atoms with E-state index < -0.39 is 0 Å². The Morgan fingerprint density at radius 1 is 1.08 bits per heavy atom. The van der Waals surface area contributed by atoms with Gasteiger partial charge in [0.25, 0.3) is 0 Å². The number of pyridine rings is 1. The van der Waals surface area contributed by atoms with Gasteiger partial charge in [0.05, 0.1) is 18.3 Å². The van der Waals surface area contributed by atoms with Gasteiger partial charge in [-0.1, -0.05) is 29.8 Å². The van der Waals surface area contributed by atoms with E-state index in [0.29, 0.717) is 16.4 Å². The number of carbonyl (C=O) groups excluding carboxylic acids is 2. The van der Waals surface area contributed by atoms with Gasteiger partial charge in [0.15, 0.2) is 0 Å². The van der Waals surface area contributed by atoms with Gasteiger partial charge in [-0.15, -0.1) is 0 Å². The summed E-state index contributed by atoms with van der Waals surface area (Å²) in [6, 6.07) is 12.6. The van der Waals surface area contributed by atoms with Crippen molar-refractivity contribution in [2.45, 2.75) is 13.3 Å². The summed E-state index contributed by atoms with van der Waals surface area (Å²) in [5, 5.41) is 7.89. The van der Waals surface area contributed by atoms with Crippen LogP contribution in [0.3, 0.4) is 0 Å². The van der Waals surface area contributed by atoms with Gasteiger partial charge in [-0.3, -0.25) is 14.6 Å². The Labute approximate surface area is 150 Å². The first-order chi connectivity index (χ1) is 12.0. The van der Waals surface area contributed by atoms with E-state index in [0.717, 1.165) is 16.3 Å². The van der Waals surface area contributed by atoms with E-state index in [4.69, 9.17) is 11.6 Å². The molecule has 5 nitrogen and oxygen atoms in total. The van der Waals surface area contributed by atoms with Crippen LogP contribution in [0, 0.1) is 0 Å². The highest BCUT2D eigenvalue weighted by Crippen LogP contribution is 2.25. The quantitative estimate of drug-likeness (QED) is 0.744. The van der Waals surface area contributed by atoms with Gasteiger partial charge < -0.3 is 10.6 Å². The first-order valence-electron chi connectivity index (χ1n) is 7.71. The van der Waals surface area contributed by atoms with Crippen molar-refractivity contribution >= 4 is 45.6 Å². The molecule has 0 unspecified atom stereocenters. The zero-order valence-corrected chi connectivity index (χ0v) is 14.3. The predicted octanol–water partition coefficient (Wildman–Crippen LogP) is 4.03. The Morgan fingerprint density at radius 3 is 2.68 bits per heavy atom. The van der Waals surface area contributed by atoms with Crippen LogP contribution in [0.4, 0.5) is 11.4 Å². The third-order valence-corrected chi connectivity index (χ3v) is 3.84. The highest BCUT2D eigenvalue weighted by molar-refractivity contribution is 6.30. The molecule has 0 aliphatic rings. The lowest BCUT2D eigenvalue weighted by molar-refractivity contribution is -0.116. The molecule has 2 N–H and O–H groups in total. The lowest BCUT2D eigenvalue weighted by Crippen LogP contribution is -2.14. The number of halogens is 1. The minimum atomic E-state index is -0.150. The molecule has 0 saturated heterocycles. The first kappa shape index (κ1) is 16.9. The number of nitrogens with zero attached hydrogens (tertiary/aromatic N) is 1. The maximum atomic E-state index is 12.3. The Kier molecular flexibility index (Phi) is 4.95. The largest absolute Gasteiger partial charge is 0.326 e. The van der Waals surface area contributed by atoms with Crippen molar-refractivity contribution in [2.75, 3.05) is 10.6 Å². The van der Waals surface area contributed by atoms with Gasteiger partial charge in [-0.2, -0.15) is 0 Å². The van der Waals surface area contributed by atoms with Gasteiger partial charge in [0.1, 0.15) is 0 Å². The molecule has 0 radical (unpaired) electrons. The molecule has 0 spiro atoms. The van der Waals surface area contributed by atoms with E-state index in [1.165, 1.54) is 6.92 Å². The van der Waals surface area contributed by atoms with Gasteiger partial charge >= 0.3 is 0 Å². The fourth-order valence-electron chi connectivity index (χ4n) is 2.58. The topological polar surface area (TPSA) is 71.1 Å². The van der Waals surface area contributed by atoms with Crippen molar-refractivity contribution < 1.29 is 9.59 Å². The van der Waals surface area contributed by atoms with Crippen LogP contribution in [-0.2, 0) is 16.0 Å². The van der Waals surface area contributed by atoms with Crippen LogP contribution >= 0.6 is 11.6 Å². The van der Waals surface area contributed by atoms with Crippen LogP contribution in [0.5, 0.6) is 0 Å². The summed E-state index contributed by atoms with van der Waals surface area (Å²) < 4.78 is 0. The molecular weight excluding hydrogens is 338 g/mol. The maximum Gasteiger partial charge on any atom is 0.228 e. The summed E-state index contributed by atoms with van der Waals surface area (Å²) in [6.07, 6.45) is 3.52. The first-order valence-corrected chi connectivity index (χ1v) is 8.09. The molecule has 3 rings (SSSR count). The van der Waals surface area contributed by atoms with Crippen LogP contribution in [-0.4, -0.2) is 16.8 Å². The van der Waals surface area contributed by atoms with Gasteiger partial charge in [0.2, 0.25) is 11.8 Å². The monoisotopic (exact) mass is 353 g/mol. The van der Waals surface area contributed by atoms with E-state index in [2.05, 4.69) is 15.6 Å². The number of carbonyl (C=O) groups is 2. The molecule has 126 valence electrons. The maximum absolute atomic E-state index is 12.3. The van der Waals surface area contributed by atoms with E-state index >= 15 is 0 Å². The molecule has 1 heterocycles. The predicted molar refractivity (Wildman–Crippen MR) is 99.8 cm³/mol. The van der Waals surface area contributed by atoms with Crippen molar-refractivity contribution in [2.24, 2.45) is 0 Å². The summed E-state index contributed by atoms with van der Waals surface area (Å²) in [5.74, 6) is -0.291. The summed E-state index contributed by atoms with van der Waals surface area (Å²) in [6.45, 7) is 1.45. The number of benzene rings is 2. The summed E-state index contributed by atoms with van der Waals surface area (Å²) in [5.41, 5.74) is 2.15. The molecule has 0 saturated carbocycles. The number of nitrogens with one attached hydrogen (secondary N) is 2. The average molecular weight is 354 g/mol. The molecule has 0 atom stereocenters. The highest BCUT2D eigenvalue weighted by atomic mass is 35.5. The number of fused-ring (bicyclic) bond motifs is 1. The molecule has 1 aromatic heterocycles. The third kappa shape index (κ3) is 4.33. The fraction of sp³-hybridized carbons (Fsp3) is 0.105. The molecule has 2 amide bonds. The summed E-state index contributed by atoms with van der Waals surface area (Å²) >= 11 is 5.95. The minimum absolute atomic E-state index is 0.140. The Morgan fingerprint density at radius 2 is 1.92 bits per heavy atom. The number of hydrogen-bond donors (Lipinski definition) is 2. The van der Waals surface area contributed by atoms with Crippen molar-refractivity contribution in [3.63, 3.8) is 0 Å². The second-order valence-corrected chi connectivity index (χ2v) is 6.10. The number of amides is 2. The van der Waals surface area contributed by atoms with Crippen LogP contribution in [0.25, 0.3) is 10.8 Å². The lowest BCUT2D eigenvalue weighted by atomic mass is 10.1. The van der Waals surface area contributed by atoms with E-state index in [9.17, 15) is 9.59 Å². The second kappa shape index (κ2) is 7.32. The Balaban J connectivity index is 1.81. The second-order valence-electron chi connectivity index (χ2n) is 5.66. The molecule has 0 fully saturated rings. The smallest absolute Gasteiger partial charge is 0.228 e. The van der Waals surface area contributed by atoms with Crippen molar-refractivity contribution in [3.8, 4) is 0 Å². The number of rotatable bonds is 4. The zero-order chi connectivity index (χ0) is 17.8. The molecule has 3 aromatic rings. The van der Waals surface area contributed by atoms with Crippen LogP contribution in [0.15, 0.2) is 54.9 Å². The molecule has 2 aromatic carbocycles. The van der Waals surface area contributed by atoms with Crippen molar-refractivity contribution in [1.29, 1.82) is 0 Å². The van der Waals surface area contributed by atoms with Gasteiger partial charge in [0, 0.05) is 34.6 Å². The van der Waals surface area contributed by atoms with Crippen LogP contribution < -0.4 is 10.6 Å². The van der Waals surface area contributed by atoms with E-state index in [1.54, 1.807) is 30.6 Å². The highest BCUT2D eigenvalue weighted by Gasteiger charge is 2.09. The van der Waals surface area contributed by atoms with Gasteiger partial charge in [-0.05, 0) is 29.8 Å². The molecule has 6 heteroatoms. The minimum Gasteiger partial charge on any atom is -0.326 e. The number of aromatic nitrogens is 1. The van der Waals surface area contributed by atoms with E-state index in [-0.39, 0.29) is 18.2 Å². The van der Waals surface area contributed by atoms with Gasteiger partial charge in [-0.25, -0.2) is 0 Å².